The highest BCUT2D eigenvalue weighted by atomic mass is 19.1. The number of halogens is 2. The maximum atomic E-state index is 13.7. The molecule has 4 heteroatoms. The Labute approximate surface area is 105 Å². The molecule has 0 saturated carbocycles. The summed E-state index contributed by atoms with van der Waals surface area (Å²) in [5.41, 5.74) is 8.95. The predicted molar refractivity (Wildman–Crippen MR) is 68.5 cm³/mol. The monoisotopic (exact) mass is 248 g/mol. The van der Waals surface area contributed by atoms with E-state index in [1.165, 1.54) is 12.3 Å². The van der Waals surface area contributed by atoms with Crippen LogP contribution in [0.2, 0.25) is 0 Å². The molecule has 18 heavy (non-hydrogen) atoms. The summed E-state index contributed by atoms with van der Waals surface area (Å²) in [7, 11) is 0. The Balaban J connectivity index is 3.34. The van der Waals surface area contributed by atoms with Gasteiger partial charge in [0, 0.05) is 11.1 Å². The van der Waals surface area contributed by atoms with Crippen molar-refractivity contribution < 1.29 is 8.78 Å². The first kappa shape index (κ1) is 13.9. The molecule has 0 aliphatic rings. The molecule has 1 aromatic rings. The van der Waals surface area contributed by atoms with Gasteiger partial charge in [0.05, 0.1) is 0 Å². The first-order valence-electron chi connectivity index (χ1n) is 5.44. The van der Waals surface area contributed by atoms with Crippen LogP contribution in [-0.2, 0) is 6.42 Å². The zero-order chi connectivity index (χ0) is 13.5. The summed E-state index contributed by atoms with van der Waals surface area (Å²) in [6, 6.07) is 1.21. The minimum absolute atomic E-state index is 0.218. The van der Waals surface area contributed by atoms with Crippen molar-refractivity contribution >= 4 is 5.57 Å². The highest BCUT2D eigenvalue weighted by molar-refractivity contribution is 5.75. The Morgan fingerprint density at radius 2 is 2.22 bits per heavy atom. The van der Waals surface area contributed by atoms with Crippen molar-refractivity contribution in [2.24, 2.45) is 5.73 Å². The van der Waals surface area contributed by atoms with Crippen molar-refractivity contribution in [3.05, 3.63) is 65.8 Å². The van der Waals surface area contributed by atoms with Crippen LogP contribution in [0.15, 0.2) is 42.8 Å². The summed E-state index contributed by atoms with van der Waals surface area (Å²) < 4.78 is 26.8. The standard InChI is InChI=1S/C14H14F2N2/c1-3-10(7-5-6-8-17)13-11(4-2)9-12(15)18-14(13)16/h5-9H,1,4,17H2,2H3/b7-5-,8-6-. The lowest BCUT2D eigenvalue weighted by atomic mass is 10.00. The van der Waals surface area contributed by atoms with Gasteiger partial charge in [-0.1, -0.05) is 19.6 Å². The first-order chi connectivity index (χ1) is 8.63. The minimum Gasteiger partial charge on any atom is -0.405 e. The molecule has 0 bridgehead atoms. The van der Waals surface area contributed by atoms with Gasteiger partial charge in [0.2, 0.25) is 11.9 Å². The Morgan fingerprint density at radius 1 is 1.50 bits per heavy atom. The van der Waals surface area contributed by atoms with E-state index in [1.54, 1.807) is 18.2 Å². The molecule has 1 rings (SSSR count). The molecule has 94 valence electrons. The van der Waals surface area contributed by atoms with E-state index in [2.05, 4.69) is 17.3 Å². The molecule has 0 aromatic carbocycles. The van der Waals surface area contributed by atoms with Gasteiger partial charge in [-0.25, -0.2) is 0 Å². The van der Waals surface area contributed by atoms with Crippen LogP contribution >= 0.6 is 0 Å². The second-order valence-electron chi connectivity index (χ2n) is 3.46. The van der Waals surface area contributed by atoms with E-state index in [9.17, 15) is 8.78 Å². The number of nitrogens with two attached hydrogens (primary N) is 1. The fourth-order valence-corrected chi connectivity index (χ4v) is 1.54. The highest BCUT2D eigenvalue weighted by Gasteiger charge is 2.13. The van der Waals surface area contributed by atoms with Gasteiger partial charge in [-0.15, -0.1) is 5.73 Å². The van der Waals surface area contributed by atoms with Gasteiger partial charge in [-0.2, -0.15) is 13.8 Å². The zero-order valence-corrected chi connectivity index (χ0v) is 10.1. The fourth-order valence-electron chi connectivity index (χ4n) is 1.54. The van der Waals surface area contributed by atoms with Gasteiger partial charge < -0.3 is 5.73 Å². The molecular formula is C14H14F2N2. The van der Waals surface area contributed by atoms with Crippen LogP contribution in [0.1, 0.15) is 18.1 Å². The third-order valence-corrected chi connectivity index (χ3v) is 2.35. The molecule has 0 fully saturated rings. The molecule has 0 atom stereocenters. The lowest BCUT2D eigenvalue weighted by molar-refractivity contribution is 0.507. The molecular weight excluding hydrogens is 234 g/mol. The van der Waals surface area contributed by atoms with Crippen molar-refractivity contribution in [3.63, 3.8) is 0 Å². The van der Waals surface area contributed by atoms with Gasteiger partial charge in [0.1, 0.15) is 0 Å². The molecule has 2 nitrogen and oxygen atoms in total. The van der Waals surface area contributed by atoms with Gasteiger partial charge in [0.15, 0.2) is 0 Å². The van der Waals surface area contributed by atoms with Crippen LogP contribution in [0.3, 0.4) is 0 Å². The third kappa shape index (κ3) is 3.15. The summed E-state index contributed by atoms with van der Waals surface area (Å²) in [6.45, 7) is 5.31. The van der Waals surface area contributed by atoms with Crippen molar-refractivity contribution in [3.8, 4) is 0 Å². The summed E-state index contributed by atoms with van der Waals surface area (Å²) >= 11 is 0. The number of aryl methyl sites for hydroxylation is 1. The van der Waals surface area contributed by atoms with Crippen molar-refractivity contribution in [2.45, 2.75) is 13.3 Å². The fraction of sp³-hybridized carbons (Fsp3) is 0.143. The molecule has 0 aliphatic heterocycles. The van der Waals surface area contributed by atoms with Crippen molar-refractivity contribution in [1.29, 1.82) is 0 Å². The lowest BCUT2D eigenvalue weighted by Crippen LogP contribution is -2.01. The third-order valence-electron chi connectivity index (χ3n) is 2.35. The number of hydrogen-bond acceptors (Lipinski definition) is 2. The smallest absolute Gasteiger partial charge is 0.224 e. The average molecular weight is 248 g/mol. The number of allylic oxidation sites excluding steroid dienone is 4. The van der Waals surface area contributed by atoms with E-state index in [1.807, 2.05) is 6.92 Å². The van der Waals surface area contributed by atoms with Crippen LogP contribution in [0.5, 0.6) is 0 Å². The number of rotatable bonds is 4. The van der Waals surface area contributed by atoms with Gasteiger partial charge >= 0.3 is 0 Å². The van der Waals surface area contributed by atoms with Crippen LogP contribution in [0.4, 0.5) is 8.78 Å². The van der Waals surface area contributed by atoms with Crippen LogP contribution in [0, 0.1) is 11.9 Å². The second-order valence-corrected chi connectivity index (χ2v) is 3.46. The Bertz CT molecular complexity index is 539. The normalized spacial score (nSPS) is 11.1. The Kier molecular flexibility index (Phi) is 5.03. The topological polar surface area (TPSA) is 38.9 Å². The van der Waals surface area contributed by atoms with E-state index >= 15 is 0 Å². The van der Waals surface area contributed by atoms with E-state index in [-0.39, 0.29) is 5.56 Å². The summed E-state index contributed by atoms with van der Waals surface area (Å²) in [4.78, 5) is 3.18. The van der Waals surface area contributed by atoms with Crippen LogP contribution in [-0.4, -0.2) is 4.98 Å². The van der Waals surface area contributed by atoms with E-state index in [0.717, 1.165) is 0 Å². The molecule has 1 heterocycles. The van der Waals surface area contributed by atoms with Crippen molar-refractivity contribution in [2.75, 3.05) is 0 Å². The molecule has 0 amide bonds. The van der Waals surface area contributed by atoms with Crippen molar-refractivity contribution in [1.82, 2.24) is 4.98 Å². The first-order valence-corrected chi connectivity index (χ1v) is 5.44. The van der Waals surface area contributed by atoms with Gasteiger partial charge in [0.25, 0.3) is 0 Å². The zero-order valence-electron chi connectivity index (χ0n) is 10.1. The predicted octanol–water partition coefficient (Wildman–Crippen LogP) is 3.12. The molecule has 2 N–H and O–H groups in total. The molecule has 0 aliphatic carbocycles. The van der Waals surface area contributed by atoms with Gasteiger partial charge in [-0.05, 0) is 36.4 Å². The van der Waals surface area contributed by atoms with E-state index < -0.39 is 11.9 Å². The molecule has 0 unspecified atom stereocenters. The second kappa shape index (κ2) is 6.52. The van der Waals surface area contributed by atoms with Gasteiger partial charge in [-0.3, -0.25) is 0 Å². The number of hydrogen-bond donors (Lipinski definition) is 1. The summed E-state index contributed by atoms with van der Waals surface area (Å²) in [5.74, 6) is -1.69. The van der Waals surface area contributed by atoms with E-state index in [4.69, 9.17) is 5.73 Å². The van der Waals surface area contributed by atoms with Crippen LogP contribution in [0.25, 0.3) is 5.57 Å². The largest absolute Gasteiger partial charge is 0.405 e. The highest BCUT2D eigenvalue weighted by Crippen LogP contribution is 2.23. The minimum atomic E-state index is -0.862. The summed E-state index contributed by atoms with van der Waals surface area (Å²) in [6.07, 6.45) is 6.62. The SMILES string of the molecule is C=C=C(/C=C\C=C/N)c1c(CC)cc(F)nc1F. The van der Waals surface area contributed by atoms with E-state index in [0.29, 0.717) is 17.6 Å². The number of pyridine rings is 1. The average Bonchev–Trinajstić information content (AvgIpc) is 2.35. The molecule has 1 aromatic heterocycles. The maximum Gasteiger partial charge on any atom is 0.224 e. The number of nitrogens with zero attached hydrogens (tertiary/aromatic N) is 1. The molecule has 0 saturated heterocycles. The van der Waals surface area contributed by atoms with Crippen LogP contribution < -0.4 is 5.73 Å². The number of aromatic nitrogens is 1. The molecule has 0 spiro atoms. The maximum absolute atomic E-state index is 13.7. The lowest BCUT2D eigenvalue weighted by Gasteiger charge is -2.08. The Hall–Kier alpha value is -2.19. The Morgan fingerprint density at radius 3 is 2.78 bits per heavy atom. The summed E-state index contributed by atoms with van der Waals surface area (Å²) in [5, 5.41) is 0. The quantitative estimate of drug-likeness (QED) is 0.505. The molecule has 0 radical (unpaired) electrons.